The van der Waals surface area contributed by atoms with Gasteiger partial charge in [-0.3, -0.25) is 4.79 Å². The first-order valence-electron chi connectivity index (χ1n) is 7.17. The van der Waals surface area contributed by atoms with Crippen molar-refractivity contribution in [1.29, 1.82) is 0 Å². The molecule has 120 valence electrons. The number of halogens is 2. The maximum absolute atomic E-state index is 12.5. The molecule has 0 spiro atoms. The molecule has 0 radical (unpaired) electrons. The van der Waals surface area contributed by atoms with Crippen LogP contribution in [0.1, 0.15) is 58.4 Å². The average molecular weight is 352 g/mol. The van der Waals surface area contributed by atoms with Gasteiger partial charge >= 0.3 is 0 Å². The van der Waals surface area contributed by atoms with Gasteiger partial charge in [-0.25, -0.2) is 4.98 Å². The van der Waals surface area contributed by atoms with E-state index in [0.717, 1.165) is 23.5 Å². The molecule has 2 heterocycles. The van der Waals surface area contributed by atoms with E-state index in [4.69, 9.17) is 5.73 Å². The van der Waals surface area contributed by atoms with Crippen molar-refractivity contribution in [2.45, 2.75) is 51.0 Å². The number of nitrogens with two attached hydrogens (primary N) is 1. The molecule has 7 heteroatoms. The summed E-state index contributed by atoms with van der Waals surface area (Å²) in [7, 11) is 0. The monoisotopic (exact) mass is 351 g/mol. The number of nitrogens with zero attached hydrogens (tertiary/aromatic N) is 2. The van der Waals surface area contributed by atoms with Crippen LogP contribution in [0.25, 0.3) is 0 Å². The van der Waals surface area contributed by atoms with Gasteiger partial charge in [-0.05, 0) is 26.2 Å². The number of likely N-dealkylation sites (tertiary alicyclic amines) is 1. The summed E-state index contributed by atoms with van der Waals surface area (Å²) in [6.07, 6.45) is 5.98. The fraction of sp³-hybridized carbons (Fsp3) is 0.714. The summed E-state index contributed by atoms with van der Waals surface area (Å²) in [4.78, 5) is 19.8. The second-order valence-corrected chi connectivity index (χ2v) is 6.78. The number of aromatic nitrogens is 1. The first-order chi connectivity index (χ1) is 9.15. The van der Waals surface area contributed by atoms with Crippen LogP contribution in [0.5, 0.6) is 0 Å². The highest BCUT2D eigenvalue weighted by Crippen LogP contribution is 2.37. The summed E-state index contributed by atoms with van der Waals surface area (Å²) in [5, 5.41) is 1.17. The second-order valence-electron chi connectivity index (χ2n) is 5.75. The number of rotatable bonds is 2. The molecule has 0 bridgehead atoms. The summed E-state index contributed by atoms with van der Waals surface area (Å²) >= 11 is 1.61. The van der Waals surface area contributed by atoms with Crippen molar-refractivity contribution in [3.05, 3.63) is 15.6 Å². The first-order valence-corrected chi connectivity index (χ1v) is 7.99. The Bertz CT molecular complexity index is 489. The Morgan fingerprint density at radius 1 is 1.29 bits per heavy atom. The van der Waals surface area contributed by atoms with Crippen molar-refractivity contribution in [3.63, 3.8) is 0 Å². The number of thiazole rings is 1. The van der Waals surface area contributed by atoms with Gasteiger partial charge in [0.05, 0.1) is 10.7 Å². The molecular weight excluding hydrogens is 329 g/mol. The Kier molecular flexibility index (Phi) is 6.91. The van der Waals surface area contributed by atoms with E-state index in [2.05, 4.69) is 4.98 Å². The van der Waals surface area contributed by atoms with Crippen molar-refractivity contribution < 1.29 is 4.79 Å². The topological polar surface area (TPSA) is 59.2 Å². The molecular formula is C14H23Cl2N3OS. The van der Waals surface area contributed by atoms with Crippen LogP contribution in [-0.4, -0.2) is 34.9 Å². The Balaban J connectivity index is 0.00000110. The largest absolute Gasteiger partial charge is 0.336 e. The van der Waals surface area contributed by atoms with E-state index in [1.54, 1.807) is 11.3 Å². The van der Waals surface area contributed by atoms with Crippen LogP contribution >= 0.6 is 36.2 Å². The van der Waals surface area contributed by atoms with Gasteiger partial charge in [-0.2, -0.15) is 0 Å². The lowest BCUT2D eigenvalue weighted by Gasteiger charge is -2.14. The standard InChI is InChI=1S/C14H21N3OS.2ClH/c1-9-12(14(18)17-7-6-11(15)8-17)19-13(16-9)10-4-2-3-5-10;;/h10-11H,2-8,15H2,1H3;2*1H/t11-;;/m1../s1. The quantitative estimate of drug-likeness (QED) is 0.890. The second kappa shape index (κ2) is 7.77. The third-order valence-electron chi connectivity index (χ3n) is 4.22. The molecule has 0 aromatic carbocycles. The Labute approximate surface area is 142 Å². The molecule has 0 unspecified atom stereocenters. The molecule has 1 aromatic rings. The summed E-state index contributed by atoms with van der Waals surface area (Å²) in [6.45, 7) is 3.43. The van der Waals surface area contributed by atoms with Crippen molar-refractivity contribution in [2.24, 2.45) is 5.73 Å². The Morgan fingerprint density at radius 2 is 1.95 bits per heavy atom. The molecule has 4 nitrogen and oxygen atoms in total. The lowest BCUT2D eigenvalue weighted by Crippen LogP contribution is -2.31. The Morgan fingerprint density at radius 3 is 2.52 bits per heavy atom. The molecule has 1 aliphatic carbocycles. The highest BCUT2D eigenvalue weighted by atomic mass is 35.5. The smallest absolute Gasteiger partial charge is 0.265 e. The third-order valence-corrected chi connectivity index (χ3v) is 5.53. The SMILES string of the molecule is Cc1nc(C2CCCC2)sc1C(=O)N1CC[C@@H](N)C1.Cl.Cl. The van der Waals surface area contributed by atoms with Crippen molar-refractivity contribution >= 4 is 42.1 Å². The van der Waals surface area contributed by atoms with Crippen LogP contribution in [-0.2, 0) is 0 Å². The molecule has 2 N–H and O–H groups in total. The van der Waals surface area contributed by atoms with Gasteiger partial charge in [0.2, 0.25) is 0 Å². The van der Waals surface area contributed by atoms with E-state index in [-0.39, 0.29) is 36.8 Å². The van der Waals surface area contributed by atoms with E-state index < -0.39 is 0 Å². The highest BCUT2D eigenvalue weighted by Gasteiger charge is 2.29. The predicted octanol–water partition coefficient (Wildman–Crippen LogP) is 3.13. The molecule has 1 atom stereocenters. The lowest BCUT2D eigenvalue weighted by atomic mass is 10.1. The summed E-state index contributed by atoms with van der Waals surface area (Å²) in [6, 6.07) is 0.145. The number of carbonyl (C=O) groups excluding carboxylic acids is 1. The minimum Gasteiger partial charge on any atom is -0.336 e. The number of amides is 1. The van der Waals surface area contributed by atoms with E-state index >= 15 is 0 Å². The zero-order valence-corrected chi connectivity index (χ0v) is 14.7. The number of hydrogen-bond acceptors (Lipinski definition) is 4. The molecule has 1 aliphatic heterocycles. The van der Waals surface area contributed by atoms with Crippen LogP contribution in [0.4, 0.5) is 0 Å². The van der Waals surface area contributed by atoms with Gasteiger partial charge in [0.1, 0.15) is 4.88 Å². The van der Waals surface area contributed by atoms with Gasteiger partial charge < -0.3 is 10.6 Å². The van der Waals surface area contributed by atoms with E-state index in [9.17, 15) is 4.79 Å². The zero-order chi connectivity index (χ0) is 13.4. The van der Waals surface area contributed by atoms with Gasteiger partial charge in [-0.1, -0.05) is 12.8 Å². The van der Waals surface area contributed by atoms with Gasteiger partial charge in [-0.15, -0.1) is 36.2 Å². The molecule has 1 saturated carbocycles. The van der Waals surface area contributed by atoms with Crippen LogP contribution in [0, 0.1) is 6.92 Å². The minimum atomic E-state index is 0. The van der Waals surface area contributed by atoms with Crippen LogP contribution < -0.4 is 5.73 Å². The summed E-state index contributed by atoms with van der Waals surface area (Å²) in [5.41, 5.74) is 6.78. The summed E-state index contributed by atoms with van der Waals surface area (Å²) < 4.78 is 0. The Hall–Kier alpha value is -0.360. The maximum atomic E-state index is 12.5. The fourth-order valence-corrected chi connectivity index (χ4v) is 4.28. The molecule has 1 amide bonds. The van der Waals surface area contributed by atoms with E-state index in [1.165, 1.54) is 30.7 Å². The van der Waals surface area contributed by atoms with Crippen LogP contribution in [0.3, 0.4) is 0 Å². The van der Waals surface area contributed by atoms with Crippen molar-refractivity contribution in [2.75, 3.05) is 13.1 Å². The normalized spacial score (nSPS) is 22.0. The van der Waals surface area contributed by atoms with Crippen LogP contribution in [0.15, 0.2) is 0 Å². The molecule has 2 fully saturated rings. The number of aryl methyl sites for hydroxylation is 1. The number of carbonyl (C=O) groups is 1. The van der Waals surface area contributed by atoms with Crippen molar-refractivity contribution in [1.82, 2.24) is 9.88 Å². The molecule has 1 saturated heterocycles. The van der Waals surface area contributed by atoms with E-state index in [1.807, 2.05) is 11.8 Å². The summed E-state index contributed by atoms with van der Waals surface area (Å²) in [5.74, 6) is 0.721. The number of hydrogen-bond donors (Lipinski definition) is 1. The molecule has 1 aromatic heterocycles. The van der Waals surface area contributed by atoms with Gasteiger partial charge in [0.25, 0.3) is 5.91 Å². The predicted molar refractivity (Wildman–Crippen MR) is 91.1 cm³/mol. The van der Waals surface area contributed by atoms with Gasteiger partial charge in [0.15, 0.2) is 0 Å². The highest BCUT2D eigenvalue weighted by molar-refractivity contribution is 7.13. The van der Waals surface area contributed by atoms with Gasteiger partial charge in [0, 0.05) is 25.0 Å². The third kappa shape index (κ3) is 3.89. The van der Waals surface area contributed by atoms with Crippen molar-refractivity contribution in [3.8, 4) is 0 Å². The lowest BCUT2D eigenvalue weighted by molar-refractivity contribution is 0.0794. The minimum absolute atomic E-state index is 0. The fourth-order valence-electron chi connectivity index (χ4n) is 3.08. The zero-order valence-electron chi connectivity index (χ0n) is 12.2. The molecule has 21 heavy (non-hydrogen) atoms. The maximum Gasteiger partial charge on any atom is 0.265 e. The molecule has 2 aliphatic rings. The first kappa shape index (κ1) is 18.7. The van der Waals surface area contributed by atoms with Crippen LogP contribution in [0.2, 0.25) is 0 Å². The average Bonchev–Trinajstić information content (AvgIpc) is 3.07. The van der Waals surface area contributed by atoms with E-state index in [0.29, 0.717) is 12.5 Å². The molecule has 3 rings (SSSR count).